The molecule has 0 unspecified atom stereocenters. The standard InChI is InChI=1S/C15H22ClN3O/c1-10(2)13-17-8-11(16)12(19-13)14(20)18-9-15(3)6-4-5-7-15/h8,10H,4-7,9H2,1-3H3,(H,18,20). The average molecular weight is 296 g/mol. The zero-order valence-corrected chi connectivity index (χ0v) is 13.1. The highest BCUT2D eigenvalue weighted by atomic mass is 35.5. The van der Waals surface area contributed by atoms with Gasteiger partial charge in [-0.05, 0) is 18.3 Å². The summed E-state index contributed by atoms with van der Waals surface area (Å²) in [5.74, 6) is 0.616. The molecule has 1 aliphatic carbocycles. The Morgan fingerprint density at radius 2 is 2.10 bits per heavy atom. The van der Waals surface area contributed by atoms with E-state index < -0.39 is 0 Å². The van der Waals surface area contributed by atoms with E-state index >= 15 is 0 Å². The summed E-state index contributed by atoms with van der Waals surface area (Å²) in [6.45, 7) is 6.89. The van der Waals surface area contributed by atoms with E-state index in [9.17, 15) is 4.79 Å². The van der Waals surface area contributed by atoms with Crippen LogP contribution < -0.4 is 5.32 Å². The lowest BCUT2D eigenvalue weighted by Crippen LogP contribution is -2.34. The molecular weight excluding hydrogens is 274 g/mol. The molecule has 1 N–H and O–H groups in total. The van der Waals surface area contributed by atoms with Gasteiger partial charge in [0.25, 0.3) is 5.91 Å². The van der Waals surface area contributed by atoms with Crippen LogP contribution in [0.3, 0.4) is 0 Å². The average Bonchev–Trinajstić information content (AvgIpc) is 2.84. The fraction of sp³-hybridized carbons (Fsp3) is 0.667. The zero-order valence-electron chi connectivity index (χ0n) is 12.4. The number of nitrogens with one attached hydrogen (secondary N) is 1. The SMILES string of the molecule is CC(C)c1ncc(Cl)c(C(=O)NCC2(C)CCCC2)n1. The Morgan fingerprint density at radius 1 is 1.45 bits per heavy atom. The Hall–Kier alpha value is -1.16. The molecule has 20 heavy (non-hydrogen) atoms. The fourth-order valence-corrected chi connectivity index (χ4v) is 2.78. The number of aromatic nitrogens is 2. The third-order valence-electron chi connectivity index (χ3n) is 3.98. The van der Waals surface area contributed by atoms with Crippen LogP contribution in [-0.4, -0.2) is 22.4 Å². The van der Waals surface area contributed by atoms with Gasteiger partial charge in [0.05, 0.1) is 11.2 Å². The van der Waals surface area contributed by atoms with Crippen LogP contribution in [0.25, 0.3) is 0 Å². The minimum Gasteiger partial charge on any atom is -0.350 e. The maximum absolute atomic E-state index is 12.3. The molecule has 0 aromatic carbocycles. The van der Waals surface area contributed by atoms with E-state index in [4.69, 9.17) is 11.6 Å². The summed E-state index contributed by atoms with van der Waals surface area (Å²) in [5.41, 5.74) is 0.503. The molecule has 0 spiro atoms. The number of hydrogen-bond donors (Lipinski definition) is 1. The predicted molar refractivity (Wildman–Crippen MR) is 80.0 cm³/mol. The Kier molecular flexibility index (Phi) is 4.63. The third kappa shape index (κ3) is 3.48. The minimum absolute atomic E-state index is 0.172. The Morgan fingerprint density at radius 3 is 2.70 bits per heavy atom. The summed E-state index contributed by atoms with van der Waals surface area (Å²) in [6, 6.07) is 0. The number of rotatable bonds is 4. The van der Waals surface area contributed by atoms with Gasteiger partial charge in [0.15, 0.2) is 0 Å². The van der Waals surface area contributed by atoms with E-state index in [-0.39, 0.29) is 22.9 Å². The topological polar surface area (TPSA) is 54.9 Å². The maximum Gasteiger partial charge on any atom is 0.271 e. The van der Waals surface area contributed by atoms with Crippen molar-refractivity contribution in [2.45, 2.75) is 52.4 Å². The Bertz CT molecular complexity index is 496. The number of carbonyl (C=O) groups excluding carboxylic acids is 1. The second-order valence-electron chi connectivity index (χ2n) is 6.28. The molecule has 1 aromatic rings. The van der Waals surface area contributed by atoms with E-state index in [2.05, 4.69) is 22.2 Å². The first kappa shape index (κ1) is 15.2. The summed E-state index contributed by atoms with van der Waals surface area (Å²) < 4.78 is 0. The van der Waals surface area contributed by atoms with E-state index in [1.807, 2.05) is 13.8 Å². The summed E-state index contributed by atoms with van der Waals surface area (Å²) in [6.07, 6.45) is 6.34. The second kappa shape index (κ2) is 6.08. The number of nitrogens with zero attached hydrogens (tertiary/aromatic N) is 2. The van der Waals surface area contributed by atoms with Gasteiger partial charge in [0.2, 0.25) is 0 Å². The summed E-state index contributed by atoms with van der Waals surface area (Å²) in [5, 5.41) is 3.28. The van der Waals surface area contributed by atoms with Crippen LogP contribution in [0.5, 0.6) is 0 Å². The molecule has 0 aliphatic heterocycles. The first-order valence-corrected chi connectivity index (χ1v) is 7.60. The van der Waals surface area contributed by atoms with Crippen molar-refractivity contribution in [1.82, 2.24) is 15.3 Å². The number of amides is 1. The molecule has 110 valence electrons. The molecule has 4 nitrogen and oxygen atoms in total. The van der Waals surface area contributed by atoms with Crippen molar-refractivity contribution in [3.63, 3.8) is 0 Å². The third-order valence-corrected chi connectivity index (χ3v) is 4.26. The molecule has 1 aromatic heterocycles. The molecule has 1 heterocycles. The molecule has 1 amide bonds. The highest BCUT2D eigenvalue weighted by Gasteiger charge is 2.29. The normalized spacial score (nSPS) is 17.4. The van der Waals surface area contributed by atoms with Crippen molar-refractivity contribution in [2.75, 3.05) is 6.54 Å². The Balaban J connectivity index is 2.06. The van der Waals surface area contributed by atoms with Gasteiger partial charge in [-0.3, -0.25) is 4.79 Å². The van der Waals surface area contributed by atoms with Gasteiger partial charge in [-0.15, -0.1) is 0 Å². The molecule has 2 rings (SSSR count). The van der Waals surface area contributed by atoms with Crippen molar-refractivity contribution >= 4 is 17.5 Å². The molecular formula is C15H22ClN3O. The second-order valence-corrected chi connectivity index (χ2v) is 6.69. The molecule has 0 bridgehead atoms. The van der Waals surface area contributed by atoms with Gasteiger partial charge in [-0.2, -0.15) is 0 Å². The van der Waals surface area contributed by atoms with Crippen molar-refractivity contribution in [3.8, 4) is 0 Å². The van der Waals surface area contributed by atoms with Gasteiger partial charge in [0.1, 0.15) is 11.5 Å². The highest BCUT2D eigenvalue weighted by Crippen LogP contribution is 2.36. The van der Waals surface area contributed by atoms with Crippen LogP contribution in [0.1, 0.15) is 68.7 Å². The molecule has 0 saturated heterocycles. The molecule has 1 saturated carbocycles. The van der Waals surface area contributed by atoms with E-state index in [0.29, 0.717) is 17.4 Å². The highest BCUT2D eigenvalue weighted by molar-refractivity contribution is 6.33. The smallest absolute Gasteiger partial charge is 0.271 e. The van der Waals surface area contributed by atoms with Crippen LogP contribution in [0.4, 0.5) is 0 Å². The predicted octanol–water partition coefficient (Wildman–Crippen LogP) is 3.56. The fourth-order valence-electron chi connectivity index (χ4n) is 2.60. The van der Waals surface area contributed by atoms with Crippen molar-refractivity contribution in [2.24, 2.45) is 5.41 Å². The molecule has 5 heteroatoms. The van der Waals surface area contributed by atoms with Crippen LogP contribution in [0.2, 0.25) is 5.02 Å². The quantitative estimate of drug-likeness (QED) is 0.924. The van der Waals surface area contributed by atoms with Gasteiger partial charge >= 0.3 is 0 Å². The van der Waals surface area contributed by atoms with Crippen molar-refractivity contribution < 1.29 is 4.79 Å². The first-order valence-electron chi connectivity index (χ1n) is 7.22. The number of hydrogen-bond acceptors (Lipinski definition) is 3. The largest absolute Gasteiger partial charge is 0.350 e. The maximum atomic E-state index is 12.3. The minimum atomic E-state index is -0.201. The first-order chi connectivity index (χ1) is 9.41. The monoisotopic (exact) mass is 295 g/mol. The molecule has 1 fully saturated rings. The molecule has 0 radical (unpaired) electrons. The summed E-state index contributed by atoms with van der Waals surface area (Å²) >= 11 is 6.04. The van der Waals surface area contributed by atoms with Gasteiger partial charge < -0.3 is 5.32 Å². The zero-order chi connectivity index (χ0) is 14.8. The van der Waals surface area contributed by atoms with Gasteiger partial charge in [-0.25, -0.2) is 9.97 Å². The molecule has 0 atom stereocenters. The lowest BCUT2D eigenvalue weighted by molar-refractivity contribution is 0.0929. The summed E-state index contributed by atoms with van der Waals surface area (Å²) in [4.78, 5) is 20.7. The van der Waals surface area contributed by atoms with Crippen LogP contribution in [-0.2, 0) is 0 Å². The van der Waals surface area contributed by atoms with Crippen LogP contribution >= 0.6 is 11.6 Å². The number of carbonyl (C=O) groups is 1. The van der Waals surface area contributed by atoms with E-state index in [1.165, 1.54) is 31.9 Å². The lowest BCUT2D eigenvalue weighted by atomic mass is 9.89. The van der Waals surface area contributed by atoms with Gasteiger partial charge in [0, 0.05) is 12.5 Å². The van der Waals surface area contributed by atoms with Crippen molar-refractivity contribution in [1.29, 1.82) is 0 Å². The Labute approximate surface area is 125 Å². The van der Waals surface area contributed by atoms with Crippen LogP contribution in [0.15, 0.2) is 6.20 Å². The summed E-state index contributed by atoms with van der Waals surface area (Å²) in [7, 11) is 0. The van der Waals surface area contributed by atoms with Crippen molar-refractivity contribution in [3.05, 3.63) is 22.7 Å². The molecule has 1 aliphatic rings. The lowest BCUT2D eigenvalue weighted by Gasteiger charge is -2.23. The van der Waals surface area contributed by atoms with E-state index in [1.54, 1.807) is 0 Å². The number of halogens is 1. The van der Waals surface area contributed by atoms with Gasteiger partial charge in [-0.1, -0.05) is 45.2 Å². The van der Waals surface area contributed by atoms with Crippen LogP contribution in [0, 0.1) is 5.41 Å². The van der Waals surface area contributed by atoms with E-state index in [0.717, 1.165) is 0 Å².